The fraction of sp³-hybridized carbons (Fsp3) is 0.500. The van der Waals surface area contributed by atoms with Gasteiger partial charge in [0.25, 0.3) is 0 Å². The number of rotatable bonds is 12. The second kappa shape index (κ2) is 12.8. The number of aromatic nitrogens is 2. The van der Waals surface area contributed by atoms with Crippen LogP contribution in [0.3, 0.4) is 0 Å². The van der Waals surface area contributed by atoms with Gasteiger partial charge in [-0.15, -0.1) is 0 Å². The first kappa shape index (κ1) is 29.4. The maximum Gasteiger partial charge on any atom is 0.319 e. The Kier molecular flexibility index (Phi) is 9.17. The van der Waals surface area contributed by atoms with Crippen LogP contribution in [0.5, 0.6) is 5.88 Å². The van der Waals surface area contributed by atoms with E-state index in [0.29, 0.717) is 40.3 Å². The molecule has 41 heavy (non-hydrogen) atoms. The highest BCUT2D eigenvalue weighted by molar-refractivity contribution is 7.89. The molecule has 5 rings (SSSR count). The predicted octanol–water partition coefficient (Wildman–Crippen LogP) is 3.53. The number of pyridine rings is 1. The van der Waals surface area contributed by atoms with E-state index in [2.05, 4.69) is 20.6 Å². The number of nitrogens with one attached hydrogen (secondary N) is 2. The van der Waals surface area contributed by atoms with E-state index >= 15 is 0 Å². The molecule has 1 unspecified atom stereocenters. The Morgan fingerprint density at radius 1 is 1.10 bits per heavy atom. The van der Waals surface area contributed by atoms with E-state index < -0.39 is 15.9 Å². The fourth-order valence-electron chi connectivity index (χ4n) is 5.36. The molecule has 3 heterocycles. The molecule has 1 aromatic carbocycles. The summed E-state index contributed by atoms with van der Waals surface area (Å²) in [6, 6.07) is 10.1. The van der Waals surface area contributed by atoms with Crippen molar-refractivity contribution in [2.75, 3.05) is 38.7 Å². The van der Waals surface area contributed by atoms with Crippen LogP contribution in [0.1, 0.15) is 50.5 Å². The third-order valence-corrected chi connectivity index (χ3v) is 10.4. The minimum Gasteiger partial charge on any atom is -0.481 e. The van der Waals surface area contributed by atoms with Crippen molar-refractivity contribution in [3.8, 4) is 5.88 Å². The lowest BCUT2D eigenvalue weighted by molar-refractivity contribution is -0.142. The highest BCUT2D eigenvalue weighted by Crippen LogP contribution is 2.36. The van der Waals surface area contributed by atoms with Gasteiger partial charge in [-0.05, 0) is 43.0 Å². The number of hydrogen-bond donors (Lipinski definition) is 2. The maximum absolute atomic E-state index is 13.6. The zero-order chi connectivity index (χ0) is 29.0. The van der Waals surface area contributed by atoms with Crippen LogP contribution in [-0.4, -0.2) is 74.0 Å². The molecule has 2 fully saturated rings. The average molecular weight is 602 g/mol. The van der Waals surface area contributed by atoms with Gasteiger partial charge in [-0.25, -0.2) is 18.4 Å². The molecular formula is C28H35N5O6S2. The Bertz CT molecular complexity index is 1480. The van der Waals surface area contributed by atoms with Crippen LogP contribution in [-0.2, 0) is 24.3 Å². The van der Waals surface area contributed by atoms with Crippen LogP contribution in [0.25, 0.3) is 10.3 Å². The van der Waals surface area contributed by atoms with E-state index in [1.807, 2.05) is 0 Å². The third kappa shape index (κ3) is 6.85. The van der Waals surface area contributed by atoms with E-state index in [0.717, 1.165) is 31.2 Å². The van der Waals surface area contributed by atoms with Gasteiger partial charge in [0.2, 0.25) is 21.8 Å². The first-order valence-corrected chi connectivity index (χ1v) is 16.1. The summed E-state index contributed by atoms with van der Waals surface area (Å²) in [6.45, 7) is 2.65. The van der Waals surface area contributed by atoms with Gasteiger partial charge in [0.1, 0.15) is 10.3 Å². The molecule has 0 spiro atoms. The van der Waals surface area contributed by atoms with Crippen LogP contribution in [0.15, 0.2) is 41.3 Å². The number of amides is 1. The van der Waals surface area contributed by atoms with Crippen molar-refractivity contribution in [3.63, 3.8) is 0 Å². The Balaban J connectivity index is 1.27. The lowest BCUT2D eigenvalue weighted by Gasteiger charge is -2.38. The van der Waals surface area contributed by atoms with Crippen LogP contribution in [0.2, 0.25) is 0 Å². The molecular weight excluding hydrogens is 566 g/mol. The summed E-state index contributed by atoms with van der Waals surface area (Å²) in [6.07, 6.45) is 5.18. The van der Waals surface area contributed by atoms with Crippen LogP contribution >= 0.6 is 11.3 Å². The Morgan fingerprint density at radius 2 is 1.83 bits per heavy atom. The first-order valence-electron chi connectivity index (χ1n) is 13.9. The number of carbonyl (C=O) groups is 2. The molecule has 1 saturated heterocycles. The number of thiazole rings is 1. The molecule has 0 radical (unpaired) electrons. The monoisotopic (exact) mass is 601 g/mol. The molecule has 220 valence electrons. The summed E-state index contributed by atoms with van der Waals surface area (Å²) in [7, 11) is -2.14. The third-order valence-electron chi connectivity index (χ3n) is 7.64. The standard InChI is InChI=1S/C28H35N5O6S2/c1-3-39-25(34)15-29-20-16-33(17-20)41(36,37)21-10-8-19(9-11-21)22(14-18-6-4-5-7-18)26(35)32-28-30-23-12-13-24(38-2)31-27(23)40-28/h8-13,18,20,22,29H,3-7,14-17H2,1-2H3,(H,30,32,35). The summed E-state index contributed by atoms with van der Waals surface area (Å²) >= 11 is 1.29. The molecule has 1 saturated carbocycles. The highest BCUT2D eigenvalue weighted by atomic mass is 32.2. The molecule has 0 bridgehead atoms. The van der Waals surface area contributed by atoms with E-state index in [1.54, 1.807) is 50.4 Å². The van der Waals surface area contributed by atoms with Crippen molar-refractivity contribution in [1.82, 2.24) is 19.6 Å². The number of ether oxygens (including phenoxy) is 2. The minimum atomic E-state index is -3.69. The quantitative estimate of drug-likeness (QED) is 0.298. The van der Waals surface area contributed by atoms with Crippen LogP contribution < -0.4 is 15.4 Å². The minimum absolute atomic E-state index is 0.0489. The summed E-state index contributed by atoms with van der Waals surface area (Å²) < 4.78 is 37.8. The van der Waals surface area contributed by atoms with Gasteiger partial charge in [-0.3, -0.25) is 9.59 Å². The van der Waals surface area contributed by atoms with E-state index in [4.69, 9.17) is 9.47 Å². The molecule has 3 aromatic rings. The molecule has 13 heteroatoms. The number of fused-ring (bicyclic) bond motifs is 1. The molecule has 2 N–H and O–H groups in total. The van der Waals surface area contributed by atoms with Gasteiger partial charge in [-0.1, -0.05) is 49.2 Å². The van der Waals surface area contributed by atoms with Gasteiger partial charge in [0, 0.05) is 25.2 Å². The van der Waals surface area contributed by atoms with Crippen LogP contribution in [0, 0.1) is 5.92 Å². The van der Waals surface area contributed by atoms with Gasteiger partial charge in [0.15, 0.2) is 5.13 Å². The summed E-state index contributed by atoms with van der Waals surface area (Å²) in [4.78, 5) is 34.9. The van der Waals surface area contributed by atoms with Crippen molar-refractivity contribution in [3.05, 3.63) is 42.0 Å². The van der Waals surface area contributed by atoms with Crippen molar-refractivity contribution in [2.45, 2.75) is 55.9 Å². The number of benzene rings is 1. The average Bonchev–Trinajstić information content (AvgIpc) is 3.59. The Labute approximate surface area is 243 Å². The molecule has 1 amide bonds. The highest BCUT2D eigenvalue weighted by Gasteiger charge is 2.37. The Morgan fingerprint density at radius 3 is 2.51 bits per heavy atom. The molecule has 1 atom stereocenters. The largest absolute Gasteiger partial charge is 0.481 e. The van der Waals surface area contributed by atoms with Gasteiger partial charge < -0.3 is 20.1 Å². The van der Waals surface area contributed by atoms with E-state index in [1.165, 1.54) is 15.6 Å². The van der Waals surface area contributed by atoms with Gasteiger partial charge in [-0.2, -0.15) is 4.31 Å². The van der Waals surface area contributed by atoms with E-state index in [9.17, 15) is 18.0 Å². The van der Waals surface area contributed by atoms with Crippen molar-refractivity contribution in [2.24, 2.45) is 5.92 Å². The molecule has 2 aliphatic rings. The molecule has 11 nitrogen and oxygen atoms in total. The van der Waals surface area contributed by atoms with Crippen molar-refractivity contribution >= 4 is 48.7 Å². The summed E-state index contributed by atoms with van der Waals surface area (Å²) in [5.41, 5.74) is 1.45. The molecule has 1 aliphatic heterocycles. The van der Waals surface area contributed by atoms with Gasteiger partial charge >= 0.3 is 5.97 Å². The number of carbonyl (C=O) groups excluding carboxylic acids is 2. The zero-order valence-electron chi connectivity index (χ0n) is 23.2. The number of hydrogen-bond acceptors (Lipinski definition) is 10. The number of sulfonamides is 1. The second-order valence-electron chi connectivity index (χ2n) is 10.4. The number of anilines is 1. The normalized spacial score (nSPS) is 17.3. The maximum atomic E-state index is 13.6. The lowest BCUT2D eigenvalue weighted by Crippen LogP contribution is -2.60. The first-order chi connectivity index (χ1) is 19.8. The smallest absolute Gasteiger partial charge is 0.319 e. The number of methoxy groups -OCH3 is 1. The lowest BCUT2D eigenvalue weighted by atomic mass is 9.87. The van der Waals surface area contributed by atoms with Gasteiger partial charge in [0.05, 0.1) is 31.1 Å². The summed E-state index contributed by atoms with van der Waals surface area (Å²) in [5, 5.41) is 6.46. The number of esters is 1. The number of nitrogens with zero attached hydrogens (tertiary/aromatic N) is 3. The fourth-order valence-corrected chi connectivity index (χ4v) is 7.72. The second-order valence-corrected chi connectivity index (χ2v) is 13.3. The zero-order valence-corrected chi connectivity index (χ0v) is 24.8. The van der Waals surface area contributed by atoms with E-state index in [-0.39, 0.29) is 42.4 Å². The van der Waals surface area contributed by atoms with Crippen LogP contribution in [0.4, 0.5) is 5.13 Å². The topological polar surface area (TPSA) is 140 Å². The molecule has 2 aromatic heterocycles. The SMILES string of the molecule is CCOC(=O)CNC1CN(S(=O)(=O)c2ccc(C(CC3CCCC3)C(=O)Nc3nc4ccc(OC)nc4s3)cc2)C1. The van der Waals surface area contributed by atoms with Crippen molar-refractivity contribution in [1.29, 1.82) is 0 Å². The van der Waals surface area contributed by atoms with Crippen molar-refractivity contribution < 1.29 is 27.5 Å². The molecule has 1 aliphatic carbocycles. The predicted molar refractivity (Wildman–Crippen MR) is 156 cm³/mol. The summed E-state index contributed by atoms with van der Waals surface area (Å²) in [5.74, 6) is -0.0484. The Hall–Kier alpha value is -3.13.